The maximum atomic E-state index is 12.7. The number of fused-ring (bicyclic) bond motifs is 2. The highest BCUT2D eigenvalue weighted by molar-refractivity contribution is 5.88. The van der Waals surface area contributed by atoms with Gasteiger partial charge in [-0.15, -0.1) is 0 Å². The van der Waals surface area contributed by atoms with Gasteiger partial charge in [0.05, 0.1) is 12.0 Å². The number of carbonyl (C=O) groups is 2. The van der Waals surface area contributed by atoms with Crippen LogP contribution in [0.25, 0.3) is 0 Å². The summed E-state index contributed by atoms with van der Waals surface area (Å²) in [6.07, 6.45) is 5.22. The van der Waals surface area contributed by atoms with Crippen molar-refractivity contribution in [1.29, 1.82) is 0 Å². The molecule has 2 aliphatic carbocycles. The molecule has 21 heavy (non-hydrogen) atoms. The van der Waals surface area contributed by atoms with Crippen LogP contribution < -0.4 is 11.1 Å². The lowest BCUT2D eigenvalue weighted by atomic mass is 9.68. The summed E-state index contributed by atoms with van der Waals surface area (Å²) in [7, 11) is 0. The number of nitrogens with one attached hydrogen (secondary N) is 1. The van der Waals surface area contributed by atoms with Crippen LogP contribution in [0.2, 0.25) is 0 Å². The Labute approximate surface area is 125 Å². The molecule has 4 nitrogen and oxygen atoms in total. The van der Waals surface area contributed by atoms with Crippen LogP contribution >= 0.6 is 0 Å². The zero-order chi connectivity index (χ0) is 14.9. The van der Waals surface area contributed by atoms with Crippen molar-refractivity contribution in [3.63, 3.8) is 0 Å². The Balaban J connectivity index is 1.82. The van der Waals surface area contributed by atoms with Crippen molar-refractivity contribution in [1.82, 2.24) is 5.32 Å². The summed E-state index contributed by atoms with van der Waals surface area (Å²) in [5, 5.41) is 2.76. The zero-order valence-electron chi connectivity index (χ0n) is 12.2. The molecule has 0 unspecified atom stereocenters. The molecule has 0 radical (unpaired) electrons. The molecule has 2 saturated carbocycles. The molecule has 3 N–H and O–H groups in total. The molecular weight excluding hydrogens is 264 g/mol. The van der Waals surface area contributed by atoms with Crippen LogP contribution in [0.5, 0.6) is 0 Å². The van der Waals surface area contributed by atoms with E-state index < -0.39 is 5.91 Å². The second kappa shape index (κ2) is 5.51. The molecule has 1 aromatic rings. The first-order chi connectivity index (χ1) is 10.1. The fraction of sp³-hybridized carbons (Fsp3) is 0.529. The minimum atomic E-state index is -0.485. The first-order valence-corrected chi connectivity index (χ1v) is 7.71. The lowest BCUT2D eigenvalue weighted by Gasteiger charge is -2.36. The zero-order valence-corrected chi connectivity index (χ0v) is 12.2. The van der Waals surface area contributed by atoms with E-state index in [2.05, 4.69) is 17.4 Å². The number of carbonyl (C=O) groups excluding carboxylic acids is 2. The van der Waals surface area contributed by atoms with Crippen molar-refractivity contribution in [3.05, 3.63) is 35.9 Å². The molecular formula is C17H22N2O2. The second-order valence-corrected chi connectivity index (χ2v) is 6.55. The van der Waals surface area contributed by atoms with Crippen molar-refractivity contribution in [2.45, 2.75) is 32.1 Å². The maximum absolute atomic E-state index is 12.7. The van der Waals surface area contributed by atoms with Gasteiger partial charge in [-0.3, -0.25) is 9.59 Å². The van der Waals surface area contributed by atoms with Gasteiger partial charge in [-0.05, 0) is 43.1 Å². The Hall–Kier alpha value is -1.84. The number of nitrogens with two attached hydrogens (primary N) is 1. The highest BCUT2D eigenvalue weighted by atomic mass is 16.2. The number of benzene rings is 1. The van der Waals surface area contributed by atoms with Gasteiger partial charge < -0.3 is 11.1 Å². The van der Waals surface area contributed by atoms with Gasteiger partial charge in [-0.25, -0.2) is 0 Å². The Morgan fingerprint density at radius 3 is 2.57 bits per heavy atom. The normalized spacial score (nSPS) is 30.3. The first-order valence-electron chi connectivity index (χ1n) is 7.71. The molecule has 3 rings (SSSR count). The van der Waals surface area contributed by atoms with E-state index >= 15 is 0 Å². The van der Waals surface area contributed by atoms with Gasteiger partial charge in [-0.1, -0.05) is 36.8 Å². The second-order valence-electron chi connectivity index (χ2n) is 6.55. The minimum Gasteiger partial charge on any atom is -0.368 e. The average Bonchev–Trinajstić information content (AvgIpc) is 3.07. The van der Waals surface area contributed by atoms with Crippen molar-refractivity contribution >= 4 is 11.8 Å². The van der Waals surface area contributed by atoms with Gasteiger partial charge >= 0.3 is 0 Å². The molecule has 0 heterocycles. The van der Waals surface area contributed by atoms with E-state index in [1.54, 1.807) is 0 Å². The van der Waals surface area contributed by atoms with Crippen LogP contribution in [-0.2, 0) is 16.0 Å². The van der Waals surface area contributed by atoms with Gasteiger partial charge in [0.1, 0.15) is 0 Å². The van der Waals surface area contributed by atoms with E-state index in [0.717, 1.165) is 25.7 Å². The number of rotatable bonds is 5. The van der Waals surface area contributed by atoms with E-state index in [9.17, 15) is 9.59 Å². The molecule has 1 aromatic carbocycles. The van der Waals surface area contributed by atoms with Crippen LogP contribution in [-0.4, -0.2) is 18.4 Å². The highest BCUT2D eigenvalue weighted by Gasteiger charge is 2.55. The van der Waals surface area contributed by atoms with E-state index in [-0.39, 0.29) is 17.9 Å². The summed E-state index contributed by atoms with van der Waals surface area (Å²) in [4.78, 5) is 23.7. The summed E-state index contributed by atoms with van der Waals surface area (Å²) in [6, 6.07) is 10.2. The van der Waals surface area contributed by atoms with Crippen molar-refractivity contribution in [2.24, 2.45) is 23.0 Å². The monoisotopic (exact) mass is 286 g/mol. The predicted octanol–water partition coefficient (Wildman–Crippen LogP) is 1.64. The number of hydrogen-bond donors (Lipinski definition) is 2. The smallest absolute Gasteiger partial charge is 0.236 e. The highest BCUT2D eigenvalue weighted by Crippen LogP contribution is 2.57. The number of amides is 2. The third kappa shape index (κ3) is 2.67. The van der Waals surface area contributed by atoms with Gasteiger partial charge in [0.15, 0.2) is 0 Å². The molecule has 4 heteroatoms. The molecule has 2 amide bonds. The third-order valence-corrected chi connectivity index (χ3v) is 5.21. The quantitative estimate of drug-likeness (QED) is 0.863. The van der Waals surface area contributed by atoms with Crippen LogP contribution in [0.1, 0.15) is 31.2 Å². The summed E-state index contributed by atoms with van der Waals surface area (Å²) in [6.45, 7) is -0.0627. The summed E-state index contributed by atoms with van der Waals surface area (Å²) >= 11 is 0. The molecule has 2 fully saturated rings. The fourth-order valence-electron chi connectivity index (χ4n) is 4.32. The number of hydrogen-bond acceptors (Lipinski definition) is 2. The minimum absolute atomic E-state index is 0.0114. The largest absolute Gasteiger partial charge is 0.368 e. The number of primary amides is 1. The van der Waals surface area contributed by atoms with E-state index in [1.165, 1.54) is 12.0 Å². The first kappa shape index (κ1) is 14.1. The molecule has 2 bridgehead atoms. The maximum Gasteiger partial charge on any atom is 0.236 e. The summed E-state index contributed by atoms with van der Waals surface area (Å²) < 4.78 is 0. The Kier molecular flexibility index (Phi) is 3.70. The standard InChI is InChI=1S/C17H22N2O2/c18-15(20)11-19-16(21)17(9-12-4-2-1-3-5-12)10-13-6-7-14(17)8-13/h1-5,13-14H,6-11H2,(H2,18,20)(H,19,21)/t13-,14-,17-/m0/s1. The third-order valence-electron chi connectivity index (χ3n) is 5.21. The lowest BCUT2D eigenvalue weighted by Crippen LogP contribution is -2.48. The molecule has 112 valence electrons. The lowest BCUT2D eigenvalue weighted by molar-refractivity contribution is -0.135. The average molecular weight is 286 g/mol. The SMILES string of the molecule is NC(=O)CNC(=O)[C@@]1(Cc2ccccc2)C[C@H]2CC[C@H]1C2. The van der Waals surface area contributed by atoms with E-state index in [1.807, 2.05) is 18.2 Å². The predicted molar refractivity (Wildman–Crippen MR) is 80.2 cm³/mol. The molecule has 2 aliphatic rings. The topological polar surface area (TPSA) is 72.2 Å². The Morgan fingerprint density at radius 1 is 1.24 bits per heavy atom. The van der Waals surface area contributed by atoms with Crippen molar-refractivity contribution in [2.75, 3.05) is 6.54 Å². The van der Waals surface area contributed by atoms with E-state index in [4.69, 9.17) is 5.73 Å². The Bertz CT molecular complexity index is 543. The Morgan fingerprint density at radius 2 is 2.00 bits per heavy atom. The van der Waals surface area contributed by atoms with Gasteiger partial charge in [0.2, 0.25) is 11.8 Å². The van der Waals surface area contributed by atoms with Crippen LogP contribution in [0.15, 0.2) is 30.3 Å². The molecule has 3 atom stereocenters. The van der Waals surface area contributed by atoms with Gasteiger partial charge in [-0.2, -0.15) is 0 Å². The van der Waals surface area contributed by atoms with Crippen molar-refractivity contribution in [3.8, 4) is 0 Å². The summed E-state index contributed by atoms with van der Waals surface area (Å²) in [5.74, 6) is 0.632. The molecule has 0 spiro atoms. The van der Waals surface area contributed by atoms with Crippen LogP contribution in [0.3, 0.4) is 0 Å². The fourth-order valence-corrected chi connectivity index (χ4v) is 4.32. The van der Waals surface area contributed by atoms with Crippen LogP contribution in [0, 0.1) is 17.3 Å². The van der Waals surface area contributed by atoms with Gasteiger partial charge in [0.25, 0.3) is 0 Å². The molecule has 0 saturated heterocycles. The molecule has 0 aliphatic heterocycles. The van der Waals surface area contributed by atoms with Crippen LogP contribution in [0.4, 0.5) is 0 Å². The van der Waals surface area contributed by atoms with Crippen molar-refractivity contribution < 1.29 is 9.59 Å². The molecule has 0 aromatic heterocycles. The van der Waals surface area contributed by atoms with E-state index in [0.29, 0.717) is 11.8 Å². The van der Waals surface area contributed by atoms with Gasteiger partial charge in [0, 0.05) is 0 Å². The summed E-state index contributed by atoms with van der Waals surface area (Å²) in [5.41, 5.74) is 6.00.